The molecular formula is C21H20N6O3S. The minimum atomic E-state index is -3.44. The normalized spacial score (nSPS) is 14.0. The highest BCUT2D eigenvalue weighted by Gasteiger charge is 2.36. The van der Waals surface area contributed by atoms with Crippen LogP contribution in [0.15, 0.2) is 49.1 Å². The zero-order chi connectivity index (χ0) is 21.6. The second-order valence-electron chi connectivity index (χ2n) is 7.49. The molecule has 0 aliphatic heterocycles. The summed E-state index contributed by atoms with van der Waals surface area (Å²) in [5, 5.41) is 3.84. The molecular weight excluding hydrogens is 416 g/mol. The number of fused-ring (bicyclic) bond motifs is 1. The van der Waals surface area contributed by atoms with Crippen LogP contribution in [-0.4, -0.2) is 45.5 Å². The van der Waals surface area contributed by atoms with Gasteiger partial charge < -0.3 is 4.74 Å². The first-order chi connectivity index (χ1) is 14.9. The molecule has 9 nitrogen and oxygen atoms in total. The van der Waals surface area contributed by atoms with Gasteiger partial charge in [-0.25, -0.2) is 18.4 Å². The van der Waals surface area contributed by atoms with Gasteiger partial charge in [-0.3, -0.25) is 14.4 Å². The molecule has 1 aliphatic rings. The van der Waals surface area contributed by atoms with Crippen molar-refractivity contribution in [3.8, 4) is 28.3 Å². The highest BCUT2D eigenvalue weighted by Crippen LogP contribution is 2.34. The smallest absolute Gasteiger partial charge is 0.238 e. The summed E-state index contributed by atoms with van der Waals surface area (Å²) in [7, 11) is -0.131. The molecule has 5 rings (SSSR count). The van der Waals surface area contributed by atoms with E-state index in [1.165, 1.54) is 7.11 Å². The first-order valence-electron chi connectivity index (χ1n) is 9.75. The van der Waals surface area contributed by atoms with E-state index < -0.39 is 10.0 Å². The summed E-state index contributed by atoms with van der Waals surface area (Å²) >= 11 is 0. The van der Waals surface area contributed by atoms with Crippen LogP contribution < -0.4 is 9.46 Å². The van der Waals surface area contributed by atoms with Gasteiger partial charge in [0, 0.05) is 30.6 Å². The van der Waals surface area contributed by atoms with Gasteiger partial charge in [0.1, 0.15) is 5.69 Å². The molecule has 3 heterocycles. The van der Waals surface area contributed by atoms with Crippen LogP contribution in [0.4, 0.5) is 5.69 Å². The molecule has 1 N–H and O–H groups in total. The van der Waals surface area contributed by atoms with Crippen LogP contribution >= 0.6 is 0 Å². The zero-order valence-corrected chi connectivity index (χ0v) is 17.8. The number of sulfonamides is 1. The molecule has 4 aromatic rings. The summed E-state index contributed by atoms with van der Waals surface area (Å²) < 4.78 is 34.4. The Labute approximate surface area is 179 Å². The summed E-state index contributed by atoms with van der Waals surface area (Å²) in [6, 6.07) is 7.42. The maximum absolute atomic E-state index is 12.4. The van der Waals surface area contributed by atoms with Crippen molar-refractivity contribution in [2.75, 3.05) is 11.8 Å². The van der Waals surface area contributed by atoms with Crippen molar-refractivity contribution in [2.24, 2.45) is 7.05 Å². The average molecular weight is 436 g/mol. The van der Waals surface area contributed by atoms with Crippen molar-refractivity contribution in [1.29, 1.82) is 0 Å². The molecule has 0 saturated heterocycles. The lowest BCUT2D eigenvalue weighted by Crippen LogP contribution is -2.18. The Morgan fingerprint density at radius 2 is 1.87 bits per heavy atom. The maximum Gasteiger partial charge on any atom is 0.238 e. The van der Waals surface area contributed by atoms with Crippen molar-refractivity contribution >= 4 is 26.7 Å². The second-order valence-corrected chi connectivity index (χ2v) is 9.45. The van der Waals surface area contributed by atoms with E-state index in [9.17, 15) is 8.42 Å². The summed E-state index contributed by atoms with van der Waals surface area (Å²) in [6.07, 6.45) is 8.34. The molecule has 0 bridgehead atoms. The van der Waals surface area contributed by atoms with Crippen LogP contribution in [0, 0.1) is 0 Å². The van der Waals surface area contributed by atoms with E-state index in [-0.39, 0.29) is 11.1 Å². The van der Waals surface area contributed by atoms with E-state index in [0.717, 1.165) is 33.4 Å². The SMILES string of the molecule is COc1ncc(-c2ccc3ncc(-c4cnn(C)c4)nc3c2)cc1NS(=O)(=O)C1CC1. The summed E-state index contributed by atoms with van der Waals surface area (Å²) in [6.45, 7) is 0. The standard InChI is InChI=1S/C21H20N6O3S/c1-27-12-15(10-24-27)20-11-22-17-6-3-13(7-18(17)25-20)14-8-19(21(30-2)23-9-14)26-31(28,29)16-4-5-16/h3,6-12,16,26H,4-5H2,1-2H3. The average Bonchev–Trinajstić information content (AvgIpc) is 3.55. The van der Waals surface area contributed by atoms with E-state index in [4.69, 9.17) is 9.72 Å². The van der Waals surface area contributed by atoms with Gasteiger partial charge in [0.2, 0.25) is 15.9 Å². The molecule has 0 atom stereocenters. The quantitative estimate of drug-likeness (QED) is 0.494. The van der Waals surface area contributed by atoms with Gasteiger partial charge in [-0.15, -0.1) is 0 Å². The van der Waals surface area contributed by atoms with Gasteiger partial charge in [-0.05, 0) is 36.6 Å². The Hall–Kier alpha value is -3.53. The Morgan fingerprint density at radius 3 is 2.58 bits per heavy atom. The van der Waals surface area contributed by atoms with Crippen LogP contribution in [-0.2, 0) is 17.1 Å². The molecule has 0 spiro atoms. The third kappa shape index (κ3) is 3.81. The van der Waals surface area contributed by atoms with Crippen molar-refractivity contribution < 1.29 is 13.2 Å². The number of methoxy groups -OCH3 is 1. The highest BCUT2D eigenvalue weighted by atomic mass is 32.2. The number of rotatable bonds is 6. The summed E-state index contributed by atoms with van der Waals surface area (Å²) in [5.41, 5.74) is 4.98. The molecule has 1 fully saturated rings. The minimum absolute atomic E-state index is 0.229. The Kier molecular flexibility index (Phi) is 4.58. The molecule has 31 heavy (non-hydrogen) atoms. The third-order valence-corrected chi connectivity index (χ3v) is 6.99. The first kappa shape index (κ1) is 19.4. The van der Waals surface area contributed by atoms with E-state index in [0.29, 0.717) is 18.5 Å². The van der Waals surface area contributed by atoms with Crippen LogP contribution in [0.1, 0.15) is 12.8 Å². The number of benzene rings is 1. The van der Waals surface area contributed by atoms with Crippen LogP contribution in [0.5, 0.6) is 5.88 Å². The van der Waals surface area contributed by atoms with E-state index in [2.05, 4.69) is 19.8 Å². The van der Waals surface area contributed by atoms with Gasteiger partial charge in [0.25, 0.3) is 0 Å². The summed E-state index contributed by atoms with van der Waals surface area (Å²) in [4.78, 5) is 13.5. The number of pyridine rings is 1. The first-order valence-corrected chi connectivity index (χ1v) is 11.3. The molecule has 3 aromatic heterocycles. The van der Waals surface area contributed by atoms with Crippen molar-refractivity contribution in [1.82, 2.24) is 24.7 Å². The molecule has 158 valence electrons. The van der Waals surface area contributed by atoms with Gasteiger partial charge in [-0.1, -0.05) is 6.07 Å². The topological polar surface area (TPSA) is 112 Å². The lowest BCUT2D eigenvalue weighted by molar-refractivity contribution is 0.400. The Morgan fingerprint density at radius 1 is 1.03 bits per heavy atom. The summed E-state index contributed by atoms with van der Waals surface area (Å²) in [5.74, 6) is 0.229. The molecule has 1 saturated carbocycles. The van der Waals surface area contributed by atoms with Crippen LogP contribution in [0.2, 0.25) is 0 Å². The van der Waals surface area contributed by atoms with E-state index >= 15 is 0 Å². The molecule has 10 heteroatoms. The largest absolute Gasteiger partial charge is 0.480 e. The number of ether oxygens (including phenoxy) is 1. The predicted octanol–water partition coefficient (Wildman–Crippen LogP) is 3.01. The van der Waals surface area contributed by atoms with Crippen molar-refractivity contribution in [3.05, 3.63) is 49.1 Å². The fourth-order valence-electron chi connectivity index (χ4n) is 3.34. The van der Waals surface area contributed by atoms with Gasteiger partial charge in [0.05, 0.1) is 41.5 Å². The van der Waals surface area contributed by atoms with Crippen LogP contribution in [0.25, 0.3) is 33.4 Å². The monoisotopic (exact) mass is 436 g/mol. The van der Waals surface area contributed by atoms with Crippen molar-refractivity contribution in [2.45, 2.75) is 18.1 Å². The number of hydrogen-bond acceptors (Lipinski definition) is 7. The van der Waals surface area contributed by atoms with Gasteiger partial charge in [-0.2, -0.15) is 5.10 Å². The lowest BCUT2D eigenvalue weighted by Gasteiger charge is -2.12. The van der Waals surface area contributed by atoms with Gasteiger partial charge in [0.15, 0.2) is 0 Å². The third-order valence-electron chi connectivity index (χ3n) is 5.14. The molecule has 0 radical (unpaired) electrons. The van der Waals surface area contributed by atoms with E-state index in [1.54, 1.807) is 29.3 Å². The number of aromatic nitrogens is 5. The fourth-order valence-corrected chi connectivity index (χ4v) is 4.72. The highest BCUT2D eigenvalue weighted by molar-refractivity contribution is 7.93. The number of nitrogens with zero attached hydrogens (tertiary/aromatic N) is 5. The predicted molar refractivity (Wildman–Crippen MR) is 117 cm³/mol. The number of hydrogen-bond donors (Lipinski definition) is 1. The lowest BCUT2D eigenvalue weighted by atomic mass is 10.1. The molecule has 0 amide bonds. The minimum Gasteiger partial charge on any atom is -0.480 e. The number of anilines is 1. The molecule has 1 aromatic carbocycles. The van der Waals surface area contributed by atoms with E-state index in [1.807, 2.05) is 31.4 Å². The molecule has 1 aliphatic carbocycles. The molecule has 0 unspecified atom stereocenters. The number of aryl methyl sites for hydroxylation is 1. The van der Waals surface area contributed by atoms with Crippen molar-refractivity contribution in [3.63, 3.8) is 0 Å². The Bertz CT molecular complexity index is 1400. The zero-order valence-electron chi connectivity index (χ0n) is 17.0. The second kappa shape index (κ2) is 7.31. The van der Waals surface area contributed by atoms with Gasteiger partial charge >= 0.3 is 0 Å². The number of nitrogens with one attached hydrogen (secondary N) is 1. The Balaban J connectivity index is 1.54. The maximum atomic E-state index is 12.4. The fraction of sp³-hybridized carbons (Fsp3) is 0.238. The van der Waals surface area contributed by atoms with Crippen LogP contribution in [0.3, 0.4) is 0 Å².